The maximum atomic E-state index is 12.8. The summed E-state index contributed by atoms with van der Waals surface area (Å²) in [6.07, 6.45) is 1.39. The maximum absolute atomic E-state index is 12.8. The Balaban J connectivity index is 1.95. The van der Waals surface area contributed by atoms with Crippen molar-refractivity contribution in [1.29, 1.82) is 0 Å². The molecule has 2 N–H and O–H groups in total. The zero-order valence-corrected chi connectivity index (χ0v) is 16.1. The van der Waals surface area contributed by atoms with Gasteiger partial charge in [-0.15, -0.1) is 0 Å². The highest BCUT2D eigenvalue weighted by molar-refractivity contribution is 9.11. The summed E-state index contributed by atoms with van der Waals surface area (Å²) < 4.78 is 7.10. The van der Waals surface area contributed by atoms with Crippen LogP contribution in [0.2, 0.25) is 0 Å². The number of esters is 1. The Morgan fingerprint density at radius 2 is 1.79 bits per heavy atom. The number of phenolic OH excluding ortho intramolecular Hbond substituents is 1. The highest BCUT2D eigenvalue weighted by Crippen LogP contribution is 2.38. The summed E-state index contributed by atoms with van der Waals surface area (Å²) >= 11 is 6.59. The van der Waals surface area contributed by atoms with Gasteiger partial charge in [0, 0.05) is 17.3 Å². The lowest BCUT2D eigenvalue weighted by atomic mass is 9.84. The molecule has 6 heteroatoms. The topological polar surface area (TPSA) is 58.6 Å². The molecule has 0 radical (unpaired) electrons. The summed E-state index contributed by atoms with van der Waals surface area (Å²) in [6, 6.07) is 13.0. The first-order valence-corrected chi connectivity index (χ1v) is 9.28. The van der Waals surface area contributed by atoms with Crippen molar-refractivity contribution < 1.29 is 14.6 Å². The second-order valence-electron chi connectivity index (χ2n) is 5.78. The van der Waals surface area contributed by atoms with Gasteiger partial charge in [-0.25, -0.2) is 4.79 Å². The van der Waals surface area contributed by atoms with Crippen LogP contribution >= 0.6 is 31.9 Å². The summed E-state index contributed by atoms with van der Waals surface area (Å²) in [7, 11) is 0. The number of hydrogen-bond donors (Lipinski definition) is 2. The Labute approximate surface area is 157 Å². The predicted octanol–water partition coefficient (Wildman–Crippen LogP) is 4.35. The first-order chi connectivity index (χ1) is 11.5. The largest absolute Gasteiger partial charge is 0.506 e. The van der Waals surface area contributed by atoms with E-state index in [1.54, 1.807) is 12.1 Å². The van der Waals surface area contributed by atoms with Gasteiger partial charge in [0.25, 0.3) is 0 Å². The number of carbonyl (C=O) groups is 1. The summed E-state index contributed by atoms with van der Waals surface area (Å²) in [5.74, 6) is -0.638. The zero-order valence-electron chi connectivity index (χ0n) is 12.9. The Morgan fingerprint density at radius 1 is 1.12 bits per heavy atom. The third-order valence-electron chi connectivity index (χ3n) is 4.25. The molecule has 2 aromatic rings. The van der Waals surface area contributed by atoms with E-state index in [1.807, 2.05) is 30.3 Å². The van der Waals surface area contributed by atoms with E-state index in [9.17, 15) is 9.90 Å². The van der Waals surface area contributed by atoms with Gasteiger partial charge in [0.15, 0.2) is 0 Å². The van der Waals surface area contributed by atoms with Gasteiger partial charge in [-0.2, -0.15) is 0 Å². The van der Waals surface area contributed by atoms with Crippen molar-refractivity contribution in [2.45, 2.75) is 18.4 Å². The van der Waals surface area contributed by atoms with E-state index in [0.29, 0.717) is 21.8 Å². The second-order valence-corrected chi connectivity index (χ2v) is 7.55. The molecule has 0 spiro atoms. The minimum absolute atomic E-state index is 0.111. The van der Waals surface area contributed by atoms with Crippen molar-refractivity contribution in [2.75, 3.05) is 13.1 Å². The lowest BCUT2D eigenvalue weighted by Crippen LogP contribution is -2.43. The third kappa shape index (κ3) is 3.50. The van der Waals surface area contributed by atoms with Crippen molar-refractivity contribution in [3.63, 3.8) is 0 Å². The molecule has 0 bridgehead atoms. The van der Waals surface area contributed by atoms with Crippen molar-refractivity contribution >= 4 is 37.8 Å². The van der Waals surface area contributed by atoms with E-state index in [-0.39, 0.29) is 11.3 Å². The van der Waals surface area contributed by atoms with Crippen LogP contribution in [0.1, 0.15) is 28.8 Å². The molecule has 24 heavy (non-hydrogen) atoms. The fourth-order valence-electron chi connectivity index (χ4n) is 2.98. The first-order valence-electron chi connectivity index (χ1n) is 7.69. The number of ether oxygens (including phenoxy) is 1. The highest BCUT2D eigenvalue weighted by atomic mass is 79.9. The Bertz CT molecular complexity index is 743. The van der Waals surface area contributed by atoms with Crippen LogP contribution in [-0.4, -0.2) is 24.2 Å². The fourth-order valence-corrected chi connectivity index (χ4v) is 4.20. The molecule has 0 unspecified atom stereocenters. The van der Waals surface area contributed by atoms with Gasteiger partial charge in [0.05, 0.1) is 4.47 Å². The van der Waals surface area contributed by atoms with Crippen molar-refractivity contribution in [2.24, 2.45) is 0 Å². The normalized spacial score (nSPS) is 16.6. The van der Waals surface area contributed by atoms with Gasteiger partial charge in [0.2, 0.25) is 0 Å². The van der Waals surface area contributed by atoms with E-state index in [2.05, 4.69) is 37.2 Å². The zero-order chi connectivity index (χ0) is 17.2. The van der Waals surface area contributed by atoms with Gasteiger partial charge >= 0.3 is 5.97 Å². The average Bonchev–Trinajstić information content (AvgIpc) is 2.59. The molecule has 1 aliphatic rings. The van der Waals surface area contributed by atoms with Crippen molar-refractivity contribution in [1.82, 2.24) is 5.32 Å². The Kier molecular flexibility index (Phi) is 5.27. The fraction of sp³-hybridized carbons (Fsp3) is 0.278. The van der Waals surface area contributed by atoms with Crippen LogP contribution in [0.4, 0.5) is 0 Å². The molecule has 0 aromatic heterocycles. The molecular weight excluding hydrogens is 438 g/mol. The van der Waals surface area contributed by atoms with E-state index in [4.69, 9.17) is 4.74 Å². The van der Waals surface area contributed by atoms with E-state index < -0.39 is 11.6 Å². The molecule has 1 aliphatic heterocycles. The van der Waals surface area contributed by atoms with E-state index in [1.165, 1.54) is 0 Å². The predicted molar refractivity (Wildman–Crippen MR) is 99.1 cm³/mol. The quantitative estimate of drug-likeness (QED) is 0.676. The number of phenols is 1. The van der Waals surface area contributed by atoms with Gasteiger partial charge in [-0.05, 0) is 46.7 Å². The molecule has 0 aliphatic carbocycles. The van der Waals surface area contributed by atoms with Crippen LogP contribution in [-0.2, 0) is 10.3 Å². The maximum Gasteiger partial charge on any atom is 0.342 e. The monoisotopic (exact) mass is 453 g/mol. The highest BCUT2D eigenvalue weighted by Gasteiger charge is 2.38. The van der Waals surface area contributed by atoms with Crippen LogP contribution in [0.3, 0.4) is 0 Å². The first kappa shape index (κ1) is 17.5. The molecule has 4 nitrogen and oxygen atoms in total. The average molecular weight is 455 g/mol. The van der Waals surface area contributed by atoms with Crippen LogP contribution < -0.4 is 5.32 Å². The smallest absolute Gasteiger partial charge is 0.342 e. The molecule has 1 saturated heterocycles. The van der Waals surface area contributed by atoms with Gasteiger partial charge in [-0.1, -0.05) is 46.3 Å². The molecule has 0 atom stereocenters. The van der Waals surface area contributed by atoms with E-state index in [0.717, 1.165) is 18.7 Å². The number of piperidine rings is 1. The van der Waals surface area contributed by atoms with Crippen molar-refractivity contribution in [3.8, 4) is 5.75 Å². The van der Waals surface area contributed by atoms with Gasteiger partial charge < -0.3 is 15.2 Å². The number of rotatable bonds is 3. The number of carbonyl (C=O) groups excluding carboxylic acids is 1. The number of nitrogens with one attached hydrogen (secondary N) is 1. The Morgan fingerprint density at radius 3 is 2.46 bits per heavy atom. The van der Waals surface area contributed by atoms with Crippen LogP contribution in [0.5, 0.6) is 5.75 Å². The molecule has 1 heterocycles. The minimum Gasteiger partial charge on any atom is -0.506 e. The molecule has 126 valence electrons. The van der Waals surface area contributed by atoms with Gasteiger partial charge in [0.1, 0.15) is 16.9 Å². The molecule has 1 fully saturated rings. The van der Waals surface area contributed by atoms with E-state index >= 15 is 0 Å². The lowest BCUT2D eigenvalue weighted by Gasteiger charge is -2.37. The van der Waals surface area contributed by atoms with Crippen LogP contribution in [0.15, 0.2) is 51.4 Å². The SMILES string of the molecule is O=C(OC1(c2ccccc2)CCNCC1)c1cc(Br)cc(Br)c1O. The van der Waals surface area contributed by atoms with Crippen LogP contribution in [0, 0.1) is 0 Å². The van der Waals surface area contributed by atoms with Gasteiger partial charge in [-0.3, -0.25) is 0 Å². The number of benzene rings is 2. The summed E-state index contributed by atoms with van der Waals surface area (Å²) in [5.41, 5.74) is 0.448. The third-order valence-corrected chi connectivity index (χ3v) is 5.31. The standard InChI is InChI=1S/C18H17Br2NO3/c19-13-10-14(16(22)15(20)11-13)17(23)24-18(6-8-21-9-7-18)12-4-2-1-3-5-12/h1-5,10-11,21-22H,6-9H2. The number of aromatic hydroxyl groups is 1. The Hall–Kier alpha value is -1.37. The minimum atomic E-state index is -0.676. The second kappa shape index (κ2) is 7.25. The number of hydrogen-bond acceptors (Lipinski definition) is 4. The van der Waals surface area contributed by atoms with Crippen LogP contribution in [0.25, 0.3) is 0 Å². The molecule has 0 saturated carbocycles. The summed E-state index contributed by atoms with van der Waals surface area (Å²) in [5, 5.41) is 13.5. The summed E-state index contributed by atoms with van der Waals surface area (Å²) in [4.78, 5) is 12.8. The molecule has 3 rings (SSSR count). The molecular formula is C18H17Br2NO3. The molecule has 2 aromatic carbocycles. The molecule has 0 amide bonds. The van der Waals surface area contributed by atoms with Crippen molar-refractivity contribution in [3.05, 3.63) is 62.5 Å². The lowest BCUT2D eigenvalue weighted by molar-refractivity contribution is -0.0380. The number of halogens is 2. The summed E-state index contributed by atoms with van der Waals surface area (Å²) in [6.45, 7) is 1.55.